The highest BCUT2D eigenvalue weighted by molar-refractivity contribution is 5.84. The molecule has 1 aromatic rings. The molecule has 0 aromatic carbocycles. The van der Waals surface area contributed by atoms with Crippen molar-refractivity contribution in [2.45, 2.75) is 31.9 Å². The number of nitrogens with zero attached hydrogens (tertiary/aromatic N) is 1. The van der Waals surface area contributed by atoms with Gasteiger partial charge in [-0.3, -0.25) is 4.90 Å². The number of carboxylic acid groups (broad SMARTS) is 1. The van der Waals surface area contributed by atoms with Crippen molar-refractivity contribution in [3.05, 3.63) is 23.7 Å². The highest BCUT2D eigenvalue weighted by Gasteiger charge is 2.22. The fraction of sp³-hybridized carbons (Fsp3) is 0.615. The first kappa shape index (κ1) is 13.1. The van der Waals surface area contributed by atoms with E-state index in [0.29, 0.717) is 5.76 Å². The third-order valence-corrected chi connectivity index (χ3v) is 3.43. The van der Waals surface area contributed by atoms with Crippen molar-refractivity contribution < 1.29 is 19.1 Å². The summed E-state index contributed by atoms with van der Waals surface area (Å²) in [7, 11) is 2.00. The quantitative estimate of drug-likeness (QED) is 0.871. The molecule has 1 N–H and O–H groups in total. The fourth-order valence-electron chi connectivity index (χ4n) is 2.18. The van der Waals surface area contributed by atoms with Gasteiger partial charge in [0.25, 0.3) is 0 Å². The van der Waals surface area contributed by atoms with Gasteiger partial charge in [0.15, 0.2) is 0 Å². The van der Waals surface area contributed by atoms with Crippen LogP contribution in [0, 0.1) is 0 Å². The van der Waals surface area contributed by atoms with Crippen molar-refractivity contribution >= 4 is 5.97 Å². The van der Waals surface area contributed by atoms with Gasteiger partial charge < -0.3 is 14.3 Å². The van der Waals surface area contributed by atoms with Crippen LogP contribution in [0.2, 0.25) is 0 Å². The van der Waals surface area contributed by atoms with E-state index in [1.807, 2.05) is 14.0 Å². The first-order valence-electron chi connectivity index (χ1n) is 6.23. The van der Waals surface area contributed by atoms with Crippen LogP contribution in [0.1, 0.15) is 42.1 Å². The highest BCUT2D eigenvalue weighted by Crippen LogP contribution is 2.23. The first-order chi connectivity index (χ1) is 8.58. The number of ether oxygens (including phenoxy) is 1. The van der Waals surface area contributed by atoms with Gasteiger partial charge in [-0.2, -0.15) is 0 Å². The summed E-state index contributed by atoms with van der Waals surface area (Å²) in [5, 5.41) is 8.82. The lowest BCUT2D eigenvalue weighted by Gasteiger charge is -2.25. The predicted molar refractivity (Wildman–Crippen MR) is 65.7 cm³/mol. The lowest BCUT2D eigenvalue weighted by atomic mass is 10.2. The maximum absolute atomic E-state index is 10.8. The van der Waals surface area contributed by atoms with Gasteiger partial charge in [-0.25, -0.2) is 4.79 Å². The molecule has 1 fully saturated rings. The number of aromatic carboxylic acids is 1. The Morgan fingerprint density at radius 2 is 2.39 bits per heavy atom. The molecule has 2 atom stereocenters. The van der Waals surface area contributed by atoms with E-state index in [-0.39, 0.29) is 17.9 Å². The number of likely N-dealkylation sites (N-methyl/N-ethyl adjacent to an activating group) is 1. The molecule has 0 aliphatic carbocycles. The first-order valence-corrected chi connectivity index (χ1v) is 6.23. The van der Waals surface area contributed by atoms with Gasteiger partial charge in [0.1, 0.15) is 5.76 Å². The molecule has 0 spiro atoms. The average Bonchev–Trinajstić information content (AvgIpc) is 2.98. The Morgan fingerprint density at radius 3 is 2.94 bits per heavy atom. The second-order valence-electron chi connectivity index (χ2n) is 4.76. The lowest BCUT2D eigenvalue weighted by molar-refractivity contribution is 0.0620. The Balaban J connectivity index is 1.95. The topological polar surface area (TPSA) is 62.9 Å². The van der Waals surface area contributed by atoms with Crippen LogP contribution in [0.5, 0.6) is 0 Å². The van der Waals surface area contributed by atoms with Crippen LogP contribution in [-0.4, -0.2) is 42.3 Å². The third-order valence-electron chi connectivity index (χ3n) is 3.43. The summed E-state index contributed by atoms with van der Waals surface area (Å²) in [6.45, 7) is 3.68. The van der Waals surface area contributed by atoms with E-state index in [2.05, 4.69) is 4.90 Å². The van der Waals surface area contributed by atoms with E-state index in [0.717, 1.165) is 26.0 Å². The summed E-state index contributed by atoms with van der Waals surface area (Å²) in [6.07, 6.45) is 2.50. The van der Waals surface area contributed by atoms with Gasteiger partial charge in [0, 0.05) is 13.2 Å². The molecule has 0 saturated carbocycles. The summed E-state index contributed by atoms with van der Waals surface area (Å²) in [4.78, 5) is 12.9. The van der Waals surface area contributed by atoms with Gasteiger partial charge in [-0.15, -0.1) is 0 Å². The Kier molecular flexibility index (Phi) is 4.04. The molecule has 2 unspecified atom stereocenters. The zero-order chi connectivity index (χ0) is 13.1. The molecular weight excluding hydrogens is 234 g/mol. The van der Waals surface area contributed by atoms with Gasteiger partial charge in [0.05, 0.1) is 12.1 Å². The zero-order valence-electron chi connectivity index (χ0n) is 10.8. The zero-order valence-corrected chi connectivity index (χ0v) is 10.8. The minimum Gasteiger partial charge on any atom is -0.475 e. The Labute approximate surface area is 106 Å². The van der Waals surface area contributed by atoms with E-state index in [4.69, 9.17) is 14.3 Å². The van der Waals surface area contributed by atoms with Crippen molar-refractivity contribution in [1.29, 1.82) is 0 Å². The monoisotopic (exact) mass is 253 g/mol. The molecule has 0 bridgehead atoms. The summed E-state index contributed by atoms with van der Waals surface area (Å²) < 4.78 is 10.9. The second-order valence-corrected chi connectivity index (χ2v) is 4.76. The minimum atomic E-state index is -1.03. The predicted octanol–water partition coefficient (Wildman–Crippen LogP) is 2.15. The number of furan rings is 1. The molecule has 2 heterocycles. The fourth-order valence-corrected chi connectivity index (χ4v) is 2.18. The molecule has 2 rings (SSSR count). The van der Waals surface area contributed by atoms with E-state index < -0.39 is 5.97 Å². The van der Waals surface area contributed by atoms with Gasteiger partial charge in [-0.05, 0) is 38.9 Å². The van der Waals surface area contributed by atoms with Crippen molar-refractivity contribution in [3.63, 3.8) is 0 Å². The van der Waals surface area contributed by atoms with E-state index in [9.17, 15) is 4.79 Å². The maximum atomic E-state index is 10.8. The molecule has 1 aliphatic heterocycles. The molecule has 0 amide bonds. The molecule has 1 saturated heterocycles. The lowest BCUT2D eigenvalue weighted by Crippen LogP contribution is -2.30. The van der Waals surface area contributed by atoms with Crippen LogP contribution < -0.4 is 0 Å². The van der Waals surface area contributed by atoms with E-state index in [1.165, 1.54) is 6.07 Å². The van der Waals surface area contributed by atoms with Crippen LogP contribution in [0.4, 0.5) is 0 Å². The number of carboxylic acids is 1. The SMILES string of the molecule is CC(c1ccc(C(=O)O)o1)N(C)CC1CCCO1. The number of hydrogen-bond donors (Lipinski definition) is 1. The van der Waals surface area contributed by atoms with Gasteiger partial charge in [-0.1, -0.05) is 0 Å². The molecule has 0 radical (unpaired) electrons. The van der Waals surface area contributed by atoms with E-state index in [1.54, 1.807) is 6.07 Å². The van der Waals surface area contributed by atoms with Crippen molar-refractivity contribution in [2.24, 2.45) is 0 Å². The van der Waals surface area contributed by atoms with Gasteiger partial charge >= 0.3 is 5.97 Å². The van der Waals surface area contributed by atoms with Gasteiger partial charge in [0.2, 0.25) is 5.76 Å². The molecular formula is C13H19NO4. The summed E-state index contributed by atoms with van der Waals surface area (Å²) in [6, 6.07) is 3.26. The van der Waals surface area contributed by atoms with Crippen LogP contribution in [-0.2, 0) is 4.74 Å². The number of rotatable bonds is 5. The molecule has 18 heavy (non-hydrogen) atoms. The standard InChI is InChI=1S/C13H19NO4/c1-9(11-5-6-12(18-11)13(15)16)14(2)8-10-4-3-7-17-10/h5-6,9-10H,3-4,7-8H2,1-2H3,(H,15,16). The average molecular weight is 253 g/mol. The second kappa shape index (κ2) is 5.54. The van der Waals surface area contributed by atoms with Crippen molar-refractivity contribution in [1.82, 2.24) is 4.90 Å². The third kappa shape index (κ3) is 2.91. The normalized spacial score (nSPS) is 21.4. The Morgan fingerprint density at radius 1 is 1.61 bits per heavy atom. The Bertz CT molecular complexity index is 409. The number of carbonyl (C=O) groups is 1. The summed E-state index contributed by atoms with van der Waals surface area (Å²) in [5.74, 6) is -0.370. The van der Waals surface area contributed by atoms with E-state index >= 15 is 0 Å². The number of hydrogen-bond acceptors (Lipinski definition) is 4. The van der Waals surface area contributed by atoms with Crippen molar-refractivity contribution in [3.8, 4) is 0 Å². The van der Waals surface area contributed by atoms with Crippen molar-refractivity contribution in [2.75, 3.05) is 20.2 Å². The van der Waals surface area contributed by atoms with Crippen LogP contribution in [0.25, 0.3) is 0 Å². The molecule has 1 aromatic heterocycles. The largest absolute Gasteiger partial charge is 0.475 e. The molecule has 5 nitrogen and oxygen atoms in total. The van der Waals surface area contributed by atoms with Crippen LogP contribution in [0.15, 0.2) is 16.5 Å². The summed E-state index contributed by atoms with van der Waals surface area (Å²) in [5.41, 5.74) is 0. The van der Waals surface area contributed by atoms with Crippen LogP contribution in [0.3, 0.4) is 0 Å². The molecule has 100 valence electrons. The Hall–Kier alpha value is -1.33. The minimum absolute atomic E-state index is 0.0117. The maximum Gasteiger partial charge on any atom is 0.371 e. The highest BCUT2D eigenvalue weighted by atomic mass is 16.5. The molecule has 5 heteroatoms. The van der Waals surface area contributed by atoms with Crippen LogP contribution >= 0.6 is 0 Å². The molecule has 1 aliphatic rings. The summed E-state index contributed by atoms with van der Waals surface area (Å²) >= 11 is 0. The smallest absolute Gasteiger partial charge is 0.371 e.